The van der Waals surface area contributed by atoms with Crippen molar-refractivity contribution in [1.82, 2.24) is 4.98 Å². The molecule has 0 radical (unpaired) electrons. The van der Waals surface area contributed by atoms with Crippen molar-refractivity contribution in [3.63, 3.8) is 0 Å². The van der Waals surface area contributed by atoms with Crippen molar-refractivity contribution in [2.75, 3.05) is 5.32 Å². The monoisotopic (exact) mass is 314 g/mol. The first kappa shape index (κ1) is 14.6. The summed E-state index contributed by atoms with van der Waals surface area (Å²) in [6.45, 7) is 5.46. The Morgan fingerprint density at radius 1 is 1.23 bits per heavy atom. The van der Waals surface area contributed by atoms with E-state index in [-0.39, 0.29) is 5.91 Å². The number of carbonyl (C=O) groups excluding carboxylic acids is 1. The molecule has 1 aromatic heterocycles. The first-order valence-corrected chi connectivity index (χ1v) is 7.27. The molecule has 0 fully saturated rings. The van der Waals surface area contributed by atoms with Crippen LogP contribution in [0.5, 0.6) is 0 Å². The number of amides is 1. The minimum atomic E-state index is -0.141. The normalized spacial score (nSPS) is 10.9. The highest BCUT2D eigenvalue weighted by Gasteiger charge is 2.14. The number of hydrogen-bond acceptors (Lipinski definition) is 3. The lowest BCUT2D eigenvalue weighted by molar-refractivity contribution is -0.114. The van der Waals surface area contributed by atoms with Crippen molar-refractivity contribution in [2.24, 2.45) is 0 Å². The van der Waals surface area contributed by atoms with Crippen LogP contribution >= 0.6 is 11.6 Å². The van der Waals surface area contributed by atoms with Crippen molar-refractivity contribution < 1.29 is 9.21 Å². The summed E-state index contributed by atoms with van der Waals surface area (Å²) < 4.78 is 5.87. The Labute approximate surface area is 133 Å². The third-order valence-corrected chi connectivity index (χ3v) is 3.67. The van der Waals surface area contributed by atoms with Gasteiger partial charge in [0.2, 0.25) is 11.8 Å². The molecule has 0 spiro atoms. The molecule has 0 aliphatic carbocycles. The summed E-state index contributed by atoms with van der Waals surface area (Å²) in [5.74, 6) is 0.304. The molecule has 0 saturated carbocycles. The number of oxazole rings is 1. The molecule has 0 aliphatic heterocycles. The van der Waals surface area contributed by atoms with Crippen LogP contribution in [0.3, 0.4) is 0 Å². The number of aryl methyl sites for hydroxylation is 2. The molecule has 0 atom stereocenters. The van der Waals surface area contributed by atoms with Gasteiger partial charge in [-0.15, -0.1) is 0 Å². The van der Waals surface area contributed by atoms with E-state index in [9.17, 15) is 4.79 Å². The van der Waals surface area contributed by atoms with Crippen LogP contribution in [0, 0.1) is 13.8 Å². The summed E-state index contributed by atoms with van der Waals surface area (Å²) in [7, 11) is 0. The molecule has 0 aliphatic rings. The van der Waals surface area contributed by atoms with Crippen LogP contribution < -0.4 is 5.32 Å². The van der Waals surface area contributed by atoms with Gasteiger partial charge in [0.25, 0.3) is 0 Å². The number of fused-ring (bicyclic) bond motifs is 1. The number of nitrogens with zero attached hydrogens (tertiary/aromatic N) is 1. The van der Waals surface area contributed by atoms with Crippen molar-refractivity contribution in [3.05, 3.63) is 46.5 Å². The second-order valence-electron chi connectivity index (χ2n) is 5.32. The first-order valence-electron chi connectivity index (χ1n) is 6.89. The van der Waals surface area contributed by atoms with Crippen molar-refractivity contribution in [3.8, 4) is 11.5 Å². The van der Waals surface area contributed by atoms with Gasteiger partial charge in [0.15, 0.2) is 5.58 Å². The van der Waals surface area contributed by atoms with Crippen LogP contribution in [0.4, 0.5) is 5.69 Å². The van der Waals surface area contributed by atoms with Crippen LogP contribution in [-0.4, -0.2) is 10.9 Å². The van der Waals surface area contributed by atoms with Gasteiger partial charge in [0.1, 0.15) is 5.52 Å². The fourth-order valence-electron chi connectivity index (χ4n) is 2.46. The van der Waals surface area contributed by atoms with Crippen LogP contribution in [0.25, 0.3) is 22.6 Å². The molecule has 2 aromatic carbocycles. The summed E-state index contributed by atoms with van der Waals surface area (Å²) >= 11 is 6.25. The molecular formula is C17H15ClN2O2. The predicted octanol–water partition coefficient (Wildman–Crippen LogP) is 4.72. The number of hydrogen-bond donors (Lipinski definition) is 1. The van der Waals surface area contributed by atoms with Crippen LogP contribution in [0.15, 0.2) is 34.7 Å². The van der Waals surface area contributed by atoms with E-state index >= 15 is 0 Å². The van der Waals surface area contributed by atoms with Gasteiger partial charge in [-0.3, -0.25) is 4.79 Å². The lowest BCUT2D eigenvalue weighted by atomic mass is 10.1. The summed E-state index contributed by atoms with van der Waals surface area (Å²) in [5, 5.41) is 3.25. The van der Waals surface area contributed by atoms with Gasteiger partial charge in [-0.05, 0) is 49.2 Å². The third kappa shape index (κ3) is 2.70. The molecule has 0 saturated heterocycles. The van der Waals surface area contributed by atoms with Gasteiger partial charge in [0.05, 0.1) is 10.6 Å². The predicted molar refractivity (Wildman–Crippen MR) is 88.2 cm³/mol. The maximum atomic E-state index is 11.2. The highest BCUT2D eigenvalue weighted by Crippen LogP contribution is 2.33. The Morgan fingerprint density at radius 3 is 2.73 bits per heavy atom. The van der Waals surface area contributed by atoms with Gasteiger partial charge in [-0.25, -0.2) is 4.98 Å². The lowest BCUT2D eigenvalue weighted by Gasteiger charge is -2.05. The molecule has 5 heteroatoms. The highest BCUT2D eigenvalue weighted by atomic mass is 35.5. The SMILES string of the molecule is CC(=O)Nc1ccc(Cl)c(-c2nc3cc(C)cc(C)c3o2)c1. The maximum Gasteiger partial charge on any atom is 0.228 e. The number of rotatable bonds is 2. The summed E-state index contributed by atoms with van der Waals surface area (Å²) in [5.41, 5.74) is 5.02. The first-order chi connectivity index (χ1) is 10.4. The van der Waals surface area contributed by atoms with Gasteiger partial charge >= 0.3 is 0 Å². The zero-order chi connectivity index (χ0) is 15.9. The lowest BCUT2D eigenvalue weighted by Crippen LogP contribution is -2.05. The Balaban J connectivity index is 2.14. The standard InChI is InChI=1S/C17H15ClN2O2/c1-9-6-10(2)16-15(7-9)20-17(22-16)13-8-12(19-11(3)21)4-5-14(13)18/h4-8H,1-3H3,(H,19,21). The Hall–Kier alpha value is -2.33. The Morgan fingerprint density at radius 2 is 2.00 bits per heavy atom. The average Bonchev–Trinajstić information content (AvgIpc) is 2.84. The summed E-state index contributed by atoms with van der Waals surface area (Å²) in [4.78, 5) is 15.7. The van der Waals surface area contributed by atoms with E-state index in [1.807, 2.05) is 26.0 Å². The zero-order valence-electron chi connectivity index (χ0n) is 12.5. The number of nitrogens with one attached hydrogen (secondary N) is 1. The molecule has 0 bridgehead atoms. The van der Waals surface area contributed by atoms with E-state index < -0.39 is 0 Å². The average molecular weight is 315 g/mol. The van der Waals surface area contributed by atoms with Gasteiger partial charge in [-0.1, -0.05) is 17.7 Å². The number of halogens is 1. The molecule has 1 N–H and O–H groups in total. The Bertz CT molecular complexity index is 884. The van der Waals surface area contributed by atoms with E-state index in [0.29, 0.717) is 22.2 Å². The van der Waals surface area contributed by atoms with Crippen LogP contribution in [0.1, 0.15) is 18.1 Å². The molecule has 1 heterocycles. The second kappa shape index (κ2) is 5.46. The molecule has 1 amide bonds. The largest absolute Gasteiger partial charge is 0.436 e. The molecular weight excluding hydrogens is 300 g/mol. The molecule has 4 nitrogen and oxygen atoms in total. The molecule has 112 valence electrons. The number of carbonyl (C=O) groups is 1. The van der Waals surface area contributed by atoms with Gasteiger partial charge < -0.3 is 9.73 Å². The van der Waals surface area contributed by atoms with E-state index in [2.05, 4.69) is 10.3 Å². The van der Waals surface area contributed by atoms with E-state index in [4.69, 9.17) is 16.0 Å². The fourth-order valence-corrected chi connectivity index (χ4v) is 2.66. The van der Waals surface area contributed by atoms with Crippen LogP contribution in [-0.2, 0) is 4.79 Å². The van der Waals surface area contributed by atoms with Crippen molar-refractivity contribution >= 4 is 34.3 Å². The third-order valence-electron chi connectivity index (χ3n) is 3.34. The number of aromatic nitrogens is 1. The number of anilines is 1. The fraction of sp³-hybridized carbons (Fsp3) is 0.176. The van der Waals surface area contributed by atoms with Crippen molar-refractivity contribution in [1.29, 1.82) is 0 Å². The van der Waals surface area contributed by atoms with E-state index in [1.54, 1.807) is 18.2 Å². The van der Waals surface area contributed by atoms with Gasteiger partial charge in [-0.2, -0.15) is 0 Å². The Kier molecular flexibility index (Phi) is 3.62. The molecule has 3 rings (SSSR count). The minimum Gasteiger partial charge on any atom is -0.436 e. The second-order valence-corrected chi connectivity index (χ2v) is 5.73. The van der Waals surface area contributed by atoms with Crippen molar-refractivity contribution in [2.45, 2.75) is 20.8 Å². The highest BCUT2D eigenvalue weighted by molar-refractivity contribution is 6.33. The summed E-state index contributed by atoms with van der Waals surface area (Å²) in [6.07, 6.45) is 0. The topological polar surface area (TPSA) is 55.1 Å². The number of benzene rings is 2. The zero-order valence-corrected chi connectivity index (χ0v) is 13.3. The molecule has 0 unspecified atom stereocenters. The van der Waals surface area contributed by atoms with Gasteiger partial charge in [0, 0.05) is 12.6 Å². The quantitative estimate of drug-likeness (QED) is 0.744. The van der Waals surface area contributed by atoms with E-state index in [1.165, 1.54) is 6.92 Å². The maximum absolute atomic E-state index is 11.2. The minimum absolute atomic E-state index is 0.141. The smallest absolute Gasteiger partial charge is 0.228 e. The van der Waals surface area contributed by atoms with Crippen LogP contribution in [0.2, 0.25) is 5.02 Å². The summed E-state index contributed by atoms with van der Waals surface area (Å²) in [6, 6.07) is 9.24. The van der Waals surface area contributed by atoms with E-state index in [0.717, 1.165) is 22.2 Å². The molecule has 3 aromatic rings. The molecule has 22 heavy (non-hydrogen) atoms.